The highest BCUT2D eigenvalue weighted by molar-refractivity contribution is 5.95. The van der Waals surface area contributed by atoms with Crippen molar-refractivity contribution in [3.63, 3.8) is 0 Å². The number of anilines is 1. The standard InChI is InChI=1S/C25H27N5O/c1-17-12-20(29-25(31)22(27)13-18-6-3-2-4-7-18)16-30(15-17)23-10-9-19(14-26)24-21(23)8-5-11-28-24/h2-11,17,20,22H,12-13,15-16,27H2,1H3,(H,29,31)/t17-,20+,22+/m0/s1. The molecule has 0 spiro atoms. The van der Waals surface area contributed by atoms with Gasteiger partial charge in [-0.15, -0.1) is 0 Å². The molecule has 3 aromatic rings. The predicted molar refractivity (Wildman–Crippen MR) is 123 cm³/mol. The number of rotatable bonds is 5. The third kappa shape index (κ3) is 4.68. The summed E-state index contributed by atoms with van der Waals surface area (Å²) in [4.78, 5) is 19.5. The highest BCUT2D eigenvalue weighted by Crippen LogP contribution is 2.31. The van der Waals surface area contributed by atoms with E-state index in [9.17, 15) is 10.1 Å². The average Bonchev–Trinajstić information content (AvgIpc) is 2.78. The Balaban J connectivity index is 1.49. The van der Waals surface area contributed by atoms with Gasteiger partial charge < -0.3 is 16.0 Å². The van der Waals surface area contributed by atoms with Gasteiger partial charge in [-0.25, -0.2) is 0 Å². The number of aromatic nitrogens is 1. The first kappa shape index (κ1) is 20.8. The number of amides is 1. The van der Waals surface area contributed by atoms with Crippen molar-refractivity contribution in [3.05, 3.63) is 71.9 Å². The molecule has 3 atom stereocenters. The molecule has 1 amide bonds. The van der Waals surface area contributed by atoms with Crippen molar-refractivity contribution in [2.24, 2.45) is 11.7 Å². The van der Waals surface area contributed by atoms with Crippen molar-refractivity contribution in [2.75, 3.05) is 18.0 Å². The SMILES string of the molecule is C[C@H]1C[C@@H](NC(=O)[C@H](N)Cc2ccccc2)CN(c2ccc(C#N)c3ncccc23)C1. The van der Waals surface area contributed by atoms with Crippen LogP contribution < -0.4 is 16.0 Å². The Morgan fingerprint density at radius 3 is 2.81 bits per heavy atom. The van der Waals surface area contributed by atoms with Crippen LogP contribution in [-0.4, -0.2) is 36.1 Å². The summed E-state index contributed by atoms with van der Waals surface area (Å²) in [6.45, 7) is 3.78. The molecule has 0 aliphatic carbocycles. The van der Waals surface area contributed by atoms with Gasteiger partial charge in [-0.2, -0.15) is 5.26 Å². The van der Waals surface area contributed by atoms with Crippen molar-refractivity contribution in [2.45, 2.75) is 31.8 Å². The van der Waals surface area contributed by atoms with Crippen molar-refractivity contribution < 1.29 is 4.79 Å². The van der Waals surface area contributed by atoms with Crippen molar-refractivity contribution in [1.82, 2.24) is 10.3 Å². The molecule has 1 aliphatic rings. The Labute approximate surface area is 182 Å². The molecule has 1 aliphatic heterocycles. The molecular formula is C25H27N5O. The summed E-state index contributed by atoms with van der Waals surface area (Å²) in [6, 6.07) is 19.2. The van der Waals surface area contributed by atoms with Gasteiger partial charge in [0.05, 0.1) is 17.1 Å². The molecule has 0 bridgehead atoms. The molecule has 3 N–H and O–H groups in total. The number of hydrogen-bond acceptors (Lipinski definition) is 5. The third-order valence-corrected chi connectivity index (χ3v) is 5.85. The van der Waals surface area contributed by atoms with E-state index in [1.54, 1.807) is 6.20 Å². The fourth-order valence-electron chi connectivity index (χ4n) is 4.45. The molecule has 158 valence electrons. The molecule has 0 unspecified atom stereocenters. The van der Waals surface area contributed by atoms with Gasteiger partial charge in [0.15, 0.2) is 0 Å². The summed E-state index contributed by atoms with van der Waals surface area (Å²) in [6.07, 6.45) is 3.14. The Kier molecular flexibility index (Phi) is 6.15. The summed E-state index contributed by atoms with van der Waals surface area (Å²) >= 11 is 0. The van der Waals surface area contributed by atoms with Crippen molar-refractivity contribution in [3.8, 4) is 6.07 Å². The van der Waals surface area contributed by atoms with Crippen LogP contribution >= 0.6 is 0 Å². The molecule has 2 heterocycles. The lowest BCUT2D eigenvalue weighted by atomic mass is 9.94. The Morgan fingerprint density at radius 1 is 1.23 bits per heavy atom. The molecule has 6 nitrogen and oxygen atoms in total. The van der Waals surface area contributed by atoms with Gasteiger partial charge in [-0.3, -0.25) is 9.78 Å². The zero-order valence-electron chi connectivity index (χ0n) is 17.7. The molecule has 1 aromatic heterocycles. The van der Waals surface area contributed by atoms with Crippen LogP contribution in [0.15, 0.2) is 60.8 Å². The largest absolute Gasteiger partial charge is 0.369 e. The molecule has 4 rings (SSSR count). The van der Waals surface area contributed by atoms with Gasteiger partial charge in [-0.05, 0) is 48.6 Å². The first-order valence-corrected chi connectivity index (χ1v) is 10.7. The zero-order chi connectivity index (χ0) is 21.8. The van der Waals surface area contributed by atoms with Crippen molar-refractivity contribution >= 4 is 22.5 Å². The van der Waals surface area contributed by atoms with E-state index >= 15 is 0 Å². The molecular weight excluding hydrogens is 386 g/mol. The number of piperidine rings is 1. The maximum Gasteiger partial charge on any atom is 0.237 e. The Bertz CT molecular complexity index is 1110. The zero-order valence-corrected chi connectivity index (χ0v) is 17.7. The Morgan fingerprint density at radius 2 is 2.03 bits per heavy atom. The Hall–Kier alpha value is -3.43. The first-order chi connectivity index (χ1) is 15.0. The van der Waals surface area contributed by atoms with Crippen molar-refractivity contribution in [1.29, 1.82) is 5.26 Å². The number of carbonyl (C=O) groups excluding carboxylic acids is 1. The van der Waals surface area contributed by atoms with Crippen LogP contribution in [0.4, 0.5) is 5.69 Å². The van der Waals surface area contributed by atoms with E-state index < -0.39 is 6.04 Å². The van der Waals surface area contributed by atoms with Gasteiger partial charge in [-0.1, -0.05) is 37.3 Å². The first-order valence-electron chi connectivity index (χ1n) is 10.7. The number of benzene rings is 2. The third-order valence-electron chi connectivity index (χ3n) is 5.85. The molecule has 1 fully saturated rings. The lowest BCUT2D eigenvalue weighted by Crippen LogP contribution is -2.54. The molecule has 6 heteroatoms. The maximum absolute atomic E-state index is 12.8. The number of nitrogens with two attached hydrogens (primary N) is 1. The average molecular weight is 414 g/mol. The lowest BCUT2D eigenvalue weighted by Gasteiger charge is -2.39. The van der Waals surface area contributed by atoms with Gasteiger partial charge in [0, 0.05) is 36.4 Å². The van der Waals surface area contributed by atoms with Gasteiger partial charge in [0.2, 0.25) is 5.91 Å². The molecule has 0 saturated carbocycles. The van der Waals surface area contributed by atoms with E-state index in [-0.39, 0.29) is 11.9 Å². The minimum absolute atomic E-state index is 0.0143. The van der Waals surface area contributed by atoms with Crippen LogP contribution in [0, 0.1) is 17.2 Å². The minimum atomic E-state index is -0.576. The normalized spacial score (nSPS) is 19.6. The van der Waals surface area contributed by atoms with Crippen LogP contribution in [0.1, 0.15) is 24.5 Å². The molecule has 31 heavy (non-hydrogen) atoms. The summed E-state index contributed by atoms with van der Waals surface area (Å²) in [5, 5.41) is 13.5. The maximum atomic E-state index is 12.8. The fourth-order valence-corrected chi connectivity index (χ4v) is 4.45. The summed E-state index contributed by atoms with van der Waals surface area (Å²) in [5.41, 5.74) is 9.57. The molecule has 0 radical (unpaired) electrons. The summed E-state index contributed by atoms with van der Waals surface area (Å²) in [5.74, 6) is 0.293. The van der Waals surface area contributed by atoms with Gasteiger partial charge >= 0.3 is 0 Å². The highest BCUT2D eigenvalue weighted by atomic mass is 16.2. The predicted octanol–water partition coefficient (Wildman–Crippen LogP) is 3.01. The number of nitrogens with zero attached hydrogens (tertiary/aromatic N) is 3. The second-order valence-electron chi connectivity index (χ2n) is 8.39. The van der Waals surface area contributed by atoms with Crippen LogP contribution in [-0.2, 0) is 11.2 Å². The number of hydrogen-bond donors (Lipinski definition) is 2. The quantitative estimate of drug-likeness (QED) is 0.670. The number of fused-ring (bicyclic) bond motifs is 1. The lowest BCUT2D eigenvalue weighted by molar-refractivity contribution is -0.123. The molecule has 1 saturated heterocycles. The highest BCUT2D eigenvalue weighted by Gasteiger charge is 2.28. The van der Waals surface area contributed by atoms with Crippen LogP contribution in [0.25, 0.3) is 10.9 Å². The van der Waals surface area contributed by atoms with Gasteiger partial charge in [0.25, 0.3) is 0 Å². The van der Waals surface area contributed by atoms with Gasteiger partial charge in [0.1, 0.15) is 6.07 Å². The van der Waals surface area contributed by atoms with E-state index in [1.165, 1.54) is 0 Å². The van der Waals surface area contributed by atoms with E-state index in [0.29, 0.717) is 30.0 Å². The fraction of sp³-hybridized carbons (Fsp3) is 0.320. The van der Waals surface area contributed by atoms with E-state index in [4.69, 9.17) is 5.73 Å². The monoisotopic (exact) mass is 413 g/mol. The van der Waals surface area contributed by atoms with E-state index in [1.807, 2.05) is 54.6 Å². The van der Waals surface area contributed by atoms with Crippen LogP contribution in [0.2, 0.25) is 0 Å². The smallest absolute Gasteiger partial charge is 0.237 e. The number of nitriles is 1. The second-order valence-corrected chi connectivity index (χ2v) is 8.39. The summed E-state index contributed by atoms with van der Waals surface area (Å²) in [7, 11) is 0. The number of pyridine rings is 1. The summed E-state index contributed by atoms with van der Waals surface area (Å²) < 4.78 is 0. The number of carbonyl (C=O) groups is 1. The van der Waals surface area contributed by atoms with E-state index in [0.717, 1.165) is 29.6 Å². The molecule has 2 aromatic carbocycles. The number of nitrogens with one attached hydrogen (secondary N) is 1. The van der Waals surface area contributed by atoms with E-state index in [2.05, 4.69) is 28.2 Å². The topological polar surface area (TPSA) is 95.0 Å². The van der Waals surface area contributed by atoms with Crippen LogP contribution in [0.5, 0.6) is 0 Å². The second kappa shape index (κ2) is 9.15. The minimum Gasteiger partial charge on any atom is -0.369 e. The van der Waals surface area contributed by atoms with Crippen LogP contribution in [0.3, 0.4) is 0 Å².